The van der Waals surface area contributed by atoms with E-state index in [9.17, 15) is 9.59 Å². The van der Waals surface area contributed by atoms with Gasteiger partial charge in [-0.1, -0.05) is 12.1 Å². The van der Waals surface area contributed by atoms with Crippen LogP contribution in [0.4, 0.5) is 5.69 Å². The molecular formula is C24H25Cl2N5O3. The van der Waals surface area contributed by atoms with Gasteiger partial charge < -0.3 is 9.64 Å². The molecule has 2 aliphatic rings. The molecule has 0 aliphatic carbocycles. The first kappa shape index (κ1) is 25.4. The van der Waals surface area contributed by atoms with Gasteiger partial charge in [0.2, 0.25) is 11.8 Å². The summed E-state index contributed by atoms with van der Waals surface area (Å²) in [5.41, 5.74) is 2.12. The highest BCUT2D eigenvalue weighted by atomic mass is 35.5. The number of carbonyl (C=O) groups is 2. The molecular weight excluding hydrogens is 477 g/mol. The zero-order valence-corrected chi connectivity index (χ0v) is 20.0. The van der Waals surface area contributed by atoms with Gasteiger partial charge in [-0.15, -0.1) is 24.8 Å². The summed E-state index contributed by atoms with van der Waals surface area (Å²) in [6, 6.07) is 14.5. The summed E-state index contributed by atoms with van der Waals surface area (Å²) in [7, 11) is 0. The average molecular weight is 502 g/mol. The van der Waals surface area contributed by atoms with Crippen LogP contribution in [0.1, 0.15) is 15.9 Å². The van der Waals surface area contributed by atoms with E-state index < -0.39 is 0 Å². The topological polar surface area (TPSA) is 78.9 Å². The molecule has 8 nitrogen and oxygen atoms in total. The largest absolute Gasteiger partial charge is 0.436 e. The number of amides is 2. The molecule has 0 atom stereocenters. The Labute approximate surface area is 210 Å². The Morgan fingerprint density at radius 2 is 1.65 bits per heavy atom. The first-order valence-electron chi connectivity index (χ1n) is 10.6. The lowest BCUT2D eigenvalue weighted by atomic mass is 10.1. The fourth-order valence-electron chi connectivity index (χ4n) is 4.05. The Balaban J connectivity index is 0.00000162. The molecule has 2 aliphatic heterocycles. The molecule has 178 valence electrons. The molecule has 4 heterocycles. The number of aromatic nitrogens is 2. The van der Waals surface area contributed by atoms with Crippen LogP contribution in [0.3, 0.4) is 0 Å². The number of piperazine rings is 1. The van der Waals surface area contributed by atoms with Crippen LogP contribution in [0, 0.1) is 0 Å². The van der Waals surface area contributed by atoms with E-state index in [-0.39, 0.29) is 43.2 Å². The molecule has 0 radical (unpaired) electrons. The minimum absolute atomic E-state index is 0. The van der Waals surface area contributed by atoms with Crippen molar-refractivity contribution in [2.24, 2.45) is 0 Å². The van der Waals surface area contributed by atoms with Crippen molar-refractivity contribution in [2.45, 2.75) is 6.54 Å². The number of hydrogen-bond acceptors (Lipinski definition) is 6. The highest BCUT2D eigenvalue weighted by Gasteiger charge is 2.32. The molecule has 1 fully saturated rings. The molecule has 34 heavy (non-hydrogen) atoms. The highest BCUT2D eigenvalue weighted by molar-refractivity contribution is 6.11. The Hall–Kier alpha value is -3.20. The summed E-state index contributed by atoms with van der Waals surface area (Å²) in [6.45, 7) is 3.60. The SMILES string of the molecule is Cl.Cl.O=C(CN1C(=O)c2ccccc2Oc2ncccc21)N1CCN(Cc2ccncc2)CC1. The van der Waals surface area contributed by atoms with Crippen molar-refractivity contribution in [3.8, 4) is 11.6 Å². The second-order valence-electron chi connectivity index (χ2n) is 7.83. The summed E-state index contributed by atoms with van der Waals surface area (Å²) in [6.07, 6.45) is 5.20. The molecule has 3 aromatic rings. The number of fused-ring (bicyclic) bond motifs is 2. The van der Waals surface area contributed by atoms with E-state index >= 15 is 0 Å². The molecule has 0 N–H and O–H groups in total. The Morgan fingerprint density at radius 1 is 0.912 bits per heavy atom. The van der Waals surface area contributed by atoms with Crippen LogP contribution >= 0.6 is 24.8 Å². The lowest BCUT2D eigenvalue weighted by Gasteiger charge is -2.35. The summed E-state index contributed by atoms with van der Waals surface area (Å²) >= 11 is 0. The third kappa shape index (κ3) is 5.30. The molecule has 0 unspecified atom stereocenters. The number of anilines is 1. The number of benzene rings is 1. The van der Waals surface area contributed by atoms with Gasteiger partial charge in [-0.05, 0) is 42.0 Å². The maximum absolute atomic E-state index is 13.3. The number of pyridine rings is 2. The van der Waals surface area contributed by atoms with Crippen molar-refractivity contribution in [3.05, 3.63) is 78.2 Å². The number of carbonyl (C=O) groups excluding carboxylic acids is 2. The second-order valence-corrected chi connectivity index (χ2v) is 7.83. The number of halogens is 2. The first-order valence-corrected chi connectivity index (χ1v) is 10.6. The average Bonchev–Trinajstić information content (AvgIpc) is 2.95. The predicted octanol–water partition coefficient (Wildman–Crippen LogP) is 3.42. The maximum atomic E-state index is 13.3. The normalized spacial score (nSPS) is 15.1. The van der Waals surface area contributed by atoms with Crippen LogP contribution < -0.4 is 9.64 Å². The van der Waals surface area contributed by atoms with Gasteiger partial charge in [0, 0.05) is 51.3 Å². The van der Waals surface area contributed by atoms with E-state index in [2.05, 4.69) is 14.9 Å². The van der Waals surface area contributed by atoms with Crippen molar-refractivity contribution < 1.29 is 14.3 Å². The third-order valence-electron chi connectivity index (χ3n) is 5.79. The molecule has 1 saturated heterocycles. The maximum Gasteiger partial charge on any atom is 0.262 e. The van der Waals surface area contributed by atoms with Crippen molar-refractivity contribution in [2.75, 3.05) is 37.6 Å². The van der Waals surface area contributed by atoms with Crippen LogP contribution in [-0.4, -0.2) is 64.3 Å². The fraction of sp³-hybridized carbons (Fsp3) is 0.250. The number of hydrogen-bond donors (Lipinski definition) is 0. The lowest BCUT2D eigenvalue weighted by Crippen LogP contribution is -2.51. The molecule has 0 spiro atoms. The van der Waals surface area contributed by atoms with Crippen LogP contribution in [0.5, 0.6) is 11.6 Å². The molecule has 0 saturated carbocycles. The van der Waals surface area contributed by atoms with Gasteiger partial charge in [0.05, 0.1) is 5.56 Å². The lowest BCUT2D eigenvalue weighted by molar-refractivity contribution is -0.131. The summed E-state index contributed by atoms with van der Waals surface area (Å²) in [5.74, 6) is 0.408. The van der Waals surface area contributed by atoms with Gasteiger partial charge in [0.1, 0.15) is 18.0 Å². The van der Waals surface area contributed by atoms with E-state index in [1.54, 1.807) is 55.0 Å². The van der Waals surface area contributed by atoms with Crippen LogP contribution in [-0.2, 0) is 11.3 Å². The smallest absolute Gasteiger partial charge is 0.262 e. The zero-order valence-electron chi connectivity index (χ0n) is 18.4. The summed E-state index contributed by atoms with van der Waals surface area (Å²) < 4.78 is 5.89. The monoisotopic (exact) mass is 501 g/mol. The van der Waals surface area contributed by atoms with Gasteiger partial charge in [-0.25, -0.2) is 4.98 Å². The fourth-order valence-corrected chi connectivity index (χ4v) is 4.05. The number of ether oxygens (including phenoxy) is 1. The van der Waals surface area contributed by atoms with Crippen molar-refractivity contribution in [1.29, 1.82) is 0 Å². The van der Waals surface area contributed by atoms with Crippen LogP contribution in [0.25, 0.3) is 0 Å². The van der Waals surface area contributed by atoms with E-state index in [4.69, 9.17) is 4.74 Å². The molecule has 2 aromatic heterocycles. The Morgan fingerprint density at radius 3 is 2.41 bits per heavy atom. The number of para-hydroxylation sites is 1. The first-order chi connectivity index (χ1) is 15.7. The standard InChI is InChI=1S/C24H23N5O3.2ClH/c30-22(28-14-12-27(13-15-28)16-18-7-10-25-11-8-18)17-29-20-5-3-9-26-23(20)32-21-6-2-1-4-19(21)24(29)31;;/h1-11H,12-17H2;2*1H. The van der Waals surface area contributed by atoms with Gasteiger partial charge in [-0.2, -0.15) is 0 Å². The van der Waals surface area contributed by atoms with Crippen molar-refractivity contribution in [3.63, 3.8) is 0 Å². The predicted molar refractivity (Wildman–Crippen MR) is 133 cm³/mol. The Bertz CT molecular complexity index is 1140. The molecule has 5 rings (SSSR count). The molecule has 0 bridgehead atoms. The van der Waals surface area contributed by atoms with Crippen molar-refractivity contribution in [1.82, 2.24) is 19.8 Å². The van der Waals surface area contributed by atoms with Gasteiger partial charge in [0.25, 0.3) is 5.91 Å². The minimum Gasteiger partial charge on any atom is -0.436 e. The van der Waals surface area contributed by atoms with Gasteiger partial charge in [0.15, 0.2) is 0 Å². The summed E-state index contributed by atoms with van der Waals surface area (Å²) in [5, 5.41) is 0. The highest BCUT2D eigenvalue weighted by Crippen LogP contribution is 2.36. The Kier molecular flexibility index (Phi) is 8.44. The molecule has 1 aromatic carbocycles. The minimum atomic E-state index is -0.267. The molecule has 10 heteroatoms. The molecule has 2 amide bonds. The summed E-state index contributed by atoms with van der Waals surface area (Å²) in [4.78, 5) is 40.4. The van der Waals surface area contributed by atoms with Crippen LogP contribution in [0.15, 0.2) is 67.1 Å². The van der Waals surface area contributed by atoms with E-state index in [1.807, 2.05) is 17.0 Å². The second kappa shape index (κ2) is 11.3. The quantitative estimate of drug-likeness (QED) is 0.544. The third-order valence-corrected chi connectivity index (χ3v) is 5.79. The van der Waals surface area contributed by atoms with Crippen molar-refractivity contribution >= 4 is 42.3 Å². The van der Waals surface area contributed by atoms with Crippen LogP contribution in [0.2, 0.25) is 0 Å². The van der Waals surface area contributed by atoms with Gasteiger partial charge in [-0.3, -0.25) is 24.4 Å². The number of rotatable bonds is 4. The van der Waals surface area contributed by atoms with E-state index in [0.29, 0.717) is 36.0 Å². The van der Waals surface area contributed by atoms with Gasteiger partial charge >= 0.3 is 0 Å². The van der Waals surface area contributed by atoms with E-state index in [1.165, 1.54) is 10.5 Å². The zero-order chi connectivity index (χ0) is 21.9. The van der Waals surface area contributed by atoms with E-state index in [0.717, 1.165) is 19.6 Å². The number of nitrogens with zero attached hydrogens (tertiary/aromatic N) is 5.